The number of aromatic nitrogens is 4. The third-order valence-corrected chi connectivity index (χ3v) is 5.04. The van der Waals surface area contributed by atoms with E-state index in [4.69, 9.17) is 0 Å². The molecule has 3 heterocycles. The predicted octanol–water partition coefficient (Wildman–Crippen LogP) is -0.112. The summed E-state index contributed by atoms with van der Waals surface area (Å²) in [6, 6.07) is -0.0500. The minimum absolute atomic E-state index is 0.0117. The molecule has 128 valence electrons. The first-order valence-electron chi connectivity index (χ1n) is 8.55. The summed E-state index contributed by atoms with van der Waals surface area (Å²) in [5.74, 6) is 1.52. The number of nitrogens with zero attached hydrogens (tertiary/aromatic N) is 6. The van der Waals surface area contributed by atoms with E-state index in [9.17, 15) is 9.90 Å². The number of aliphatic hydroxyl groups excluding tert-OH is 1. The van der Waals surface area contributed by atoms with Crippen LogP contribution in [-0.2, 0) is 17.9 Å². The maximum Gasteiger partial charge on any atom is 0.244 e. The molecule has 2 fully saturated rings. The molecule has 3 rings (SSSR count). The van der Waals surface area contributed by atoms with E-state index in [1.54, 1.807) is 9.58 Å². The van der Waals surface area contributed by atoms with Crippen LogP contribution < -0.4 is 0 Å². The molecular weight excluding hydrogens is 296 g/mol. The van der Waals surface area contributed by atoms with Gasteiger partial charge in [0, 0.05) is 6.54 Å². The number of hydrogen-bond donors (Lipinski definition) is 1. The van der Waals surface area contributed by atoms with Gasteiger partial charge in [-0.3, -0.25) is 9.69 Å². The van der Waals surface area contributed by atoms with Gasteiger partial charge in [0.1, 0.15) is 6.54 Å². The Morgan fingerprint density at radius 1 is 1.26 bits per heavy atom. The Morgan fingerprint density at radius 2 is 2.04 bits per heavy atom. The van der Waals surface area contributed by atoms with Crippen molar-refractivity contribution in [1.82, 2.24) is 30.0 Å². The van der Waals surface area contributed by atoms with E-state index in [2.05, 4.69) is 27.3 Å². The minimum atomic E-state index is -0.0500. The summed E-state index contributed by atoms with van der Waals surface area (Å²) in [6.45, 7) is 5.99. The minimum Gasteiger partial charge on any atom is -0.394 e. The van der Waals surface area contributed by atoms with E-state index >= 15 is 0 Å². The molecule has 0 saturated carbocycles. The summed E-state index contributed by atoms with van der Waals surface area (Å²) >= 11 is 0. The molecule has 2 aliphatic heterocycles. The third-order valence-electron chi connectivity index (χ3n) is 5.04. The van der Waals surface area contributed by atoms with Crippen LogP contribution in [0.5, 0.6) is 0 Å². The second-order valence-corrected chi connectivity index (χ2v) is 6.78. The van der Waals surface area contributed by atoms with Crippen molar-refractivity contribution < 1.29 is 9.90 Å². The van der Waals surface area contributed by atoms with Gasteiger partial charge in [0.2, 0.25) is 5.91 Å². The molecule has 8 nitrogen and oxygen atoms in total. The first-order valence-corrected chi connectivity index (χ1v) is 8.55. The van der Waals surface area contributed by atoms with Crippen molar-refractivity contribution in [2.45, 2.75) is 51.7 Å². The highest BCUT2D eigenvalue weighted by Gasteiger charge is 2.29. The molecule has 1 aromatic heterocycles. The van der Waals surface area contributed by atoms with Crippen LogP contribution in [0.15, 0.2) is 0 Å². The highest BCUT2D eigenvalue weighted by Crippen LogP contribution is 2.19. The maximum atomic E-state index is 12.5. The fourth-order valence-corrected chi connectivity index (χ4v) is 3.45. The van der Waals surface area contributed by atoms with Crippen LogP contribution in [0, 0.1) is 5.92 Å². The lowest BCUT2D eigenvalue weighted by molar-refractivity contribution is -0.133. The van der Waals surface area contributed by atoms with Crippen LogP contribution in [0.4, 0.5) is 0 Å². The Bertz CT molecular complexity index is 526. The van der Waals surface area contributed by atoms with Gasteiger partial charge in [-0.1, -0.05) is 6.92 Å². The van der Waals surface area contributed by atoms with Gasteiger partial charge < -0.3 is 10.0 Å². The molecule has 2 saturated heterocycles. The molecule has 0 spiro atoms. The van der Waals surface area contributed by atoms with Gasteiger partial charge in [-0.15, -0.1) is 5.10 Å². The van der Waals surface area contributed by atoms with Gasteiger partial charge in [0.15, 0.2) is 5.82 Å². The van der Waals surface area contributed by atoms with Crippen molar-refractivity contribution in [3.63, 3.8) is 0 Å². The Balaban J connectivity index is 1.59. The number of hydrogen-bond acceptors (Lipinski definition) is 6. The Labute approximate surface area is 136 Å². The predicted molar refractivity (Wildman–Crippen MR) is 83.3 cm³/mol. The third kappa shape index (κ3) is 3.87. The van der Waals surface area contributed by atoms with Crippen molar-refractivity contribution in [3.05, 3.63) is 5.82 Å². The Hall–Kier alpha value is -1.54. The molecule has 0 aromatic carbocycles. The quantitative estimate of drug-likeness (QED) is 0.814. The monoisotopic (exact) mass is 322 g/mol. The number of aliphatic hydroxyl groups is 1. The van der Waals surface area contributed by atoms with E-state index in [1.807, 2.05) is 0 Å². The molecular formula is C15H26N6O2. The van der Waals surface area contributed by atoms with E-state index in [-0.39, 0.29) is 25.1 Å². The average Bonchev–Trinajstić information content (AvgIpc) is 3.19. The zero-order valence-electron chi connectivity index (χ0n) is 13.8. The molecule has 1 N–H and O–H groups in total. The molecule has 1 aromatic rings. The number of piperidine rings is 1. The van der Waals surface area contributed by atoms with Crippen LogP contribution in [-0.4, -0.2) is 73.3 Å². The fraction of sp³-hybridized carbons (Fsp3) is 0.867. The highest BCUT2D eigenvalue weighted by atomic mass is 16.3. The number of carbonyl (C=O) groups excluding carboxylic acids is 1. The number of likely N-dealkylation sites (tertiary alicyclic amines) is 2. The van der Waals surface area contributed by atoms with E-state index in [0.29, 0.717) is 13.1 Å². The average molecular weight is 322 g/mol. The molecule has 0 bridgehead atoms. The van der Waals surface area contributed by atoms with Crippen molar-refractivity contribution in [1.29, 1.82) is 0 Å². The molecule has 0 radical (unpaired) electrons. The zero-order chi connectivity index (χ0) is 16.2. The molecule has 1 atom stereocenters. The molecule has 23 heavy (non-hydrogen) atoms. The number of amides is 1. The van der Waals surface area contributed by atoms with Crippen LogP contribution in [0.25, 0.3) is 0 Å². The lowest BCUT2D eigenvalue weighted by Crippen LogP contribution is -2.40. The van der Waals surface area contributed by atoms with Crippen molar-refractivity contribution in [2.24, 2.45) is 5.92 Å². The zero-order valence-corrected chi connectivity index (χ0v) is 13.8. The summed E-state index contributed by atoms with van der Waals surface area (Å²) in [7, 11) is 0. The second kappa shape index (κ2) is 7.35. The largest absolute Gasteiger partial charge is 0.394 e. The highest BCUT2D eigenvalue weighted by molar-refractivity contribution is 5.76. The first kappa shape index (κ1) is 16.3. The Kier molecular flexibility index (Phi) is 5.22. The van der Waals surface area contributed by atoms with Gasteiger partial charge in [0.25, 0.3) is 0 Å². The second-order valence-electron chi connectivity index (χ2n) is 6.78. The van der Waals surface area contributed by atoms with Crippen molar-refractivity contribution in [2.75, 3.05) is 26.2 Å². The molecule has 0 unspecified atom stereocenters. The number of carbonyl (C=O) groups is 1. The summed E-state index contributed by atoms with van der Waals surface area (Å²) in [6.07, 6.45) is 4.22. The summed E-state index contributed by atoms with van der Waals surface area (Å²) < 4.78 is 1.60. The normalized spacial score (nSPS) is 23.6. The van der Waals surface area contributed by atoms with E-state index in [0.717, 1.165) is 37.7 Å². The summed E-state index contributed by atoms with van der Waals surface area (Å²) in [5.41, 5.74) is 0. The molecule has 2 aliphatic rings. The van der Waals surface area contributed by atoms with Gasteiger partial charge in [-0.2, -0.15) is 0 Å². The van der Waals surface area contributed by atoms with Crippen LogP contribution in [0.2, 0.25) is 0 Å². The topological polar surface area (TPSA) is 87.4 Å². The van der Waals surface area contributed by atoms with Gasteiger partial charge >= 0.3 is 0 Å². The van der Waals surface area contributed by atoms with E-state index in [1.165, 1.54) is 12.8 Å². The van der Waals surface area contributed by atoms with Gasteiger partial charge in [-0.25, -0.2) is 4.68 Å². The first-order chi connectivity index (χ1) is 11.2. The smallest absolute Gasteiger partial charge is 0.244 e. The number of tetrazole rings is 1. The summed E-state index contributed by atoms with van der Waals surface area (Å²) in [5, 5.41) is 21.2. The molecule has 1 amide bonds. The SMILES string of the molecule is CC1CCN(Cc2nnnn2CC(=O)N2CCC[C@H]2CO)CC1. The fourth-order valence-electron chi connectivity index (χ4n) is 3.45. The lowest BCUT2D eigenvalue weighted by atomic mass is 9.99. The standard InChI is InChI=1S/C15H26N6O2/c1-12-4-7-19(8-5-12)9-14-16-17-18-21(14)10-15(23)20-6-2-3-13(20)11-22/h12-13,22H,2-11H2,1H3/t13-/m0/s1. The van der Waals surface area contributed by atoms with Crippen LogP contribution in [0.3, 0.4) is 0 Å². The molecule has 8 heteroatoms. The Morgan fingerprint density at radius 3 is 2.78 bits per heavy atom. The van der Waals surface area contributed by atoms with Crippen LogP contribution in [0.1, 0.15) is 38.4 Å². The number of rotatable bonds is 5. The van der Waals surface area contributed by atoms with E-state index < -0.39 is 0 Å². The van der Waals surface area contributed by atoms with Gasteiger partial charge in [-0.05, 0) is 55.1 Å². The van der Waals surface area contributed by atoms with Crippen LogP contribution >= 0.6 is 0 Å². The summed E-state index contributed by atoms with van der Waals surface area (Å²) in [4.78, 5) is 16.6. The molecule has 0 aliphatic carbocycles. The lowest BCUT2D eigenvalue weighted by Gasteiger charge is -2.29. The van der Waals surface area contributed by atoms with Crippen molar-refractivity contribution >= 4 is 5.91 Å². The van der Waals surface area contributed by atoms with Crippen molar-refractivity contribution in [3.8, 4) is 0 Å². The maximum absolute atomic E-state index is 12.5. The van der Waals surface area contributed by atoms with Gasteiger partial charge in [0.05, 0.1) is 19.2 Å².